The minimum Gasteiger partial charge on any atom is -0.493 e. The second-order valence-corrected chi connectivity index (χ2v) is 7.62. The van der Waals surface area contributed by atoms with Crippen LogP contribution in [0.25, 0.3) is 22.3 Å². The van der Waals surface area contributed by atoms with Crippen molar-refractivity contribution in [3.05, 3.63) is 66.7 Å². The van der Waals surface area contributed by atoms with Gasteiger partial charge < -0.3 is 21.5 Å². The molecule has 6 N–H and O–H groups in total. The lowest BCUT2D eigenvalue weighted by Crippen LogP contribution is -2.30. The van der Waals surface area contributed by atoms with Gasteiger partial charge >= 0.3 is 0 Å². The van der Waals surface area contributed by atoms with E-state index in [4.69, 9.17) is 21.6 Å². The van der Waals surface area contributed by atoms with Gasteiger partial charge in [-0.05, 0) is 90.9 Å². The Balaban J connectivity index is 1.90. The second-order valence-electron chi connectivity index (χ2n) is 7.62. The molecule has 0 atom stereocenters. The largest absolute Gasteiger partial charge is 0.493 e. The van der Waals surface area contributed by atoms with Crippen molar-refractivity contribution < 1.29 is 4.74 Å². The van der Waals surface area contributed by atoms with Gasteiger partial charge in [-0.2, -0.15) is 0 Å². The first-order valence-electron chi connectivity index (χ1n) is 11.1. The highest BCUT2D eigenvalue weighted by molar-refractivity contribution is 5.79. The van der Waals surface area contributed by atoms with E-state index in [1.165, 1.54) is 11.1 Å². The van der Waals surface area contributed by atoms with E-state index >= 15 is 0 Å². The molecule has 3 rings (SSSR count). The van der Waals surface area contributed by atoms with E-state index < -0.39 is 0 Å². The van der Waals surface area contributed by atoms with E-state index in [1.54, 1.807) is 12.4 Å². The minimum atomic E-state index is 0.0240. The van der Waals surface area contributed by atoms with Crippen LogP contribution < -0.4 is 21.5 Å². The van der Waals surface area contributed by atoms with Gasteiger partial charge in [0.1, 0.15) is 5.75 Å². The SMILES string of the molecule is N=C(N)NCCCCCc1cc(OCCCN)c(-c2ccncc2)cc1-c1ccncc1. The van der Waals surface area contributed by atoms with Crippen LogP contribution >= 0.6 is 0 Å². The summed E-state index contributed by atoms with van der Waals surface area (Å²) in [6, 6.07) is 12.5. The first-order valence-corrected chi connectivity index (χ1v) is 11.1. The number of nitrogens with two attached hydrogens (primary N) is 2. The van der Waals surface area contributed by atoms with Crippen LogP contribution in [0.5, 0.6) is 5.75 Å². The van der Waals surface area contributed by atoms with Crippen molar-refractivity contribution in [2.75, 3.05) is 19.7 Å². The molecule has 1 aromatic carbocycles. The molecule has 0 spiro atoms. The molecule has 0 bridgehead atoms. The van der Waals surface area contributed by atoms with Crippen molar-refractivity contribution in [3.63, 3.8) is 0 Å². The lowest BCUT2D eigenvalue weighted by molar-refractivity contribution is 0.314. The fourth-order valence-electron chi connectivity index (χ4n) is 3.61. The molecule has 0 radical (unpaired) electrons. The van der Waals surface area contributed by atoms with Gasteiger partial charge in [0.25, 0.3) is 0 Å². The predicted octanol–water partition coefficient (Wildman–Crippen LogP) is 3.73. The molecular weight excluding hydrogens is 400 g/mol. The number of nitrogens with zero attached hydrogens (tertiary/aromatic N) is 2. The summed E-state index contributed by atoms with van der Waals surface area (Å²) in [6.07, 6.45) is 12.0. The number of hydrogen-bond acceptors (Lipinski definition) is 5. The van der Waals surface area contributed by atoms with Crippen LogP contribution in [0.3, 0.4) is 0 Å². The zero-order valence-electron chi connectivity index (χ0n) is 18.4. The first-order chi connectivity index (χ1) is 15.7. The van der Waals surface area contributed by atoms with Gasteiger partial charge in [-0.3, -0.25) is 15.4 Å². The summed E-state index contributed by atoms with van der Waals surface area (Å²) in [6.45, 7) is 1.90. The van der Waals surface area contributed by atoms with Crippen molar-refractivity contribution in [2.24, 2.45) is 11.5 Å². The number of aromatic nitrogens is 2. The number of unbranched alkanes of at least 4 members (excludes halogenated alkanes) is 2. The fraction of sp³-hybridized carbons (Fsp3) is 0.320. The second kappa shape index (κ2) is 12.4. The van der Waals surface area contributed by atoms with Gasteiger partial charge in [0.05, 0.1) is 6.61 Å². The number of ether oxygens (including phenoxy) is 1. The summed E-state index contributed by atoms with van der Waals surface area (Å²) in [7, 11) is 0. The van der Waals surface area contributed by atoms with E-state index in [0.717, 1.165) is 61.1 Å². The molecule has 32 heavy (non-hydrogen) atoms. The Bertz CT molecular complexity index is 978. The molecule has 0 aliphatic heterocycles. The van der Waals surface area contributed by atoms with Crippen LogP contribution in [0.15, 0.2) is 61.2 Å². The van der Waals surface area contributed by atoms with Crippen LogP contribution in [-0.4, -0.2) is 35.6 Å². The summed E-state index contributed by atoms with van der Waals surface area (Å²) in [5, 5.41) is 10.1. The predicted molar refractivity (Wildman–Crippen MR) is 130 cm³/mol. The average molecular weight is 433 g/mol. The fourth-order valence-corrected chi connectivity index (χ4v) is 3.61. The normalized spacial score (nSPS) is 10.7. The van der Waals surface area contributed by atoms with E-state index in [1.807, 2.05) is 36.7 Å². The van der Waals surface area contributed by atoms with Crippen LogP contribution in [0, 0.1) is 5.41 Å². The summed E-state index contributed by atoms with van der Waals surface area (Å²) >= 11 is 0. The van der Waals surface area contributed by atoms with Crippen molar-refractivity contribution in [3.8, 4) is 28.0 Å². The molecule has 0 aliphatic carbocycles. The standard InChI is InChI=1S/C25H32N6O/c26-10-4-16-32-24-17-21(5-2-1-3-11-31-25(27)28)22(19-6-12-29-13-7-19)18-23(24)20-8-14-30-15-9-20/h6-9,12-15,17-18H,1-5,10-11,16,26H2,(H4,27,28,31). The van der Waals surface area contributed by atoms with Crippen LogP contribution in [0.2, 0.25) is 0 Å². The third kappa shape index (κ3) is 6.78. The van der Waals surface area contributed by atoms with Gasteiger partial charge in [0, 0.05) is 36.9 Å². The first kappa shape index (κ1) is 23.2. The number of rotatable bonds is 12. The maximum absolute atomic E-state index is 7.25. The van der Waals surface area contributed by atoms with Crippen molar-refractivity contribution in [1.29, 1.82) is 5.41 Å². The van der Waals surface area contributed by atoms with Crippen molar-refractivity contribution >= 4 is 5.96 Å². The van der Waals surface area contributed by atoms with E-state index in [0.29, 0.717) is 13.2 Å². The van der Waals surface area contributed by atoms with Gasteiger partial charge in [0.15, 0.2) is 5.96 Å². The topological polar surface area (TPSA) is 123 Å². The van der Waals surface area contributed by atoms with E-state index in [-0.39, 0.29) is 5.96 Å². The molecule has 168 valence electrons. The smallest absolute Gasteiger partial charge is 0.185 e. The molecule has 0 unspecified atom stereocenters. The monoisotopic (exact) mass is 432 g/mol. The third-order valence-corrected chi connectivity index (χ3v) is 5.23. The molecule has 3 aromatic rings. The Labute approximate surface area is 189 Å². The van der Waals surface area contributed by atoms with E-state index in [2.05, 4.69) is 27.4 Å². The van der Waals surface area contributed by atoms with Gasteiger partial charge in [-0.15, -0.1) is 0 Å². The number of guanidine groups is 1. The Morgan fingerprint density at radius 3 is 2.16 bits per heavy atom. The molecule has 0 saturated carbocycles. The molecule has 0 fully saturated rings. The summed E-state index contributed by atoms with van der Waals surface area (Å²) < 4.78 is 6.17. The molecule has 0 saturated heterocycles. The van der Waals surface area contributed by atoms with E-state index in [9.17, 15) is 0 Å². The number of hydrogen-bond donors (Lipinski definition) is 4. The highest BCUT2D eigenvalue weighted by Gasteiger charge is 2.14. The van der Waals surface area contributed by atoms with Gasteiger partial charge in [-0.1, -0.05) is 6.42 Å². The molecule has 2 heterocycles. The number of nitrogens with one attached hydrogen (secondary N) is 2. The quantitative estimate of drug-likeness (QED) is 0.196. The van der Waals surface area contributed by atoms with Crippen molar-refractivity contribution in [2.45, 2.75) is 32.1 Å². The zero-order chi connectivity index (χ0) is 22.6. The lowest BCUT2D eigenvalue weighted by Gasteiger charge is -2.18. The van der Waals surface area contributed by atoms with Gasteiger partial charge in [0.2, 0.25) is 0 Å². The maximum atomic E-state index is 7.25. The lowest BCUT2D eigenvalue weighted by atomic mass is 9.92. The number of benzene rings is 1. The number of pyridine rings is 2. The summed E-state index contributed by atoms with van der Waals surface area (Å²) in [5.74, 6) is 0.895. The third-order valence-electron chi connectivity index (χ3n) is 5.23. The van der Waals surface area contributed by atoms with Crippen molar-refractivity contribution in [1.82, 2.24) is 15.3 Å². The zero-order valence-corrected chi connectivity index (χ0v) is 18.4. The van der Waals surface area contributed by atoms with Crippen LogP contribution in [-0.2, 0) is 6.42 Å². The Kier molecular flexibility index (Phi) is 9.01. The van der Waals surface area contributed by atoms with Crippen LogP contribution in [0.4, 0.5) is 0 Å². The average Bonchev–Trinajstić information content (AvgIpc) is 2.82. The Hall–Kier alpha value is -3.45. The number of aryl methyl sites for hydroxylation is 1. The molecule has 2 aromatic heterocycles. The Morgan fingerprint density at radius 2 is 1.53 bits per heavy atom. The minimum absolute atomic E-state index is 0.0240. The van der Waals surface area contributed by atoms with Crippen LogP contribution in [0.1, 0.15) is 31.2 Å². The van der Waals surface area contributed by atoms with Gasteiger partial charge in [-0.25, -0.2) is 0 Å². The maximum Gasteiger partial charge on any atom is 0.185 e. The molecule has 7 nitrogen and oxygen atoms in total. The highest BCUT2D eigenvalue weighted by Crippen LogP contribution is 2.37. The summed E-state index contributed by atoms with van der Waals surface area (Å²) in [5.41, 5.74) is 16.7. The molecule has 0 amide bonds. The Morgan fingerprint density at radius 1 is 0.875 bits per heavy atom. The molecular formula is C25H32N6O. The highest BCUT2D eigenvalue weighted by atomic mass is 16.5. The molecule has 7 heteroatoms. The molecule has 0 aliphatic rings. The summed E-state index contributed by atoms with van der Waals surface area (Å²) in [4.78, 5) is 8.34.